The normalized spacial score (nSPS) is 11.8. The summed E-state index contributed by atoms with van der Waals surface area (Å²) in [6, 6.07) is 0. The van der Waals surface area contributed by atoms with E-state index in [2.05, 4.69) is 10.1 Å². The van der Waals surface area contributed by atoms with Gasteiger partial charge in [0.15, 0.2) is 0 Å². The van der Waals surface area contributed by atoms with E-state index in [4.69, 9.17) is 5.14 Å². The van der Waals surface area contributed by atoms with Gasteiger partial charge in [-0.15, -0.1) is 0 Å². The first kappa shape index (κ1) is 8.15. The molecule has 0 amide bonds. The number of rotatable bonds is 2. The summed E-state index contributed by atoms with van der Waals surface area (Å²) in [5.41, 5.74) is 0. The largest absolute Gasteiger partial charge is 0.273 e. The van der Waals surface area contributed by atoms with Crippen molar-refractivity contribution in [3.63, 3.8) is 0 Å². The molecule has 0 aromatic carbocycles. The molecule has 1 rings (SSSR count). The molecule has 0 fully saturated rings. The van der Waals surface area contributed by atoms with Crippen molar-refractivity contribution in [2.24, 2.45) is 5.14 Å². The highest BCUT2D eigenvalue weighted by Crippen LogP contribution is 1.99. The topological polar surface area (TPSA) is 90.9 Å². The molecule has 6 nitrogen and oxygen atoms in total. The summed E-state index contributed by atoms with van der Waals surface area (Å²) < 4.78 is 22.7. The quantitative estimate of drug-likeness (QED) is 0.622. The fourth-order valence-electron chi connectivity index (χ4n) is 0.691. The highest BCUT2D eigenvalue weighted by Gasteiger charge is 2.14. The zero-order valence-electron chi connectivity index (χ0n) is 5.93. The molecular weight excluding hydrogens is 168 g/mol. The first-order valence-electron chi connectivity index (χ1n) is 2.96. The summed E-state index contributed by atoms with van der Waals surface area (Å²) in [4.78, 5) is 3.50. The van der Waals surface area contributed by atoms with E-state index in [0.29, 0.717) is 6.54 Å². The minimum absolute atomic E-state index is 0.194. The Kier molecular flexibility index (Phi) is 1.92. The molecule has 11 heavy (non-hydrogen) atoms. The molecule has 0 atom stereocenters. The average Bonchev–Trinajstić information content (AvgIpc) is 2.31. The molecule has 1 aromatic heterocycles. The van der Waals surface area contributed by atoms with Crippen LogP contribution < -0.4 is 5.14 Å². The number of primary sulfonamides is 1. The van der Waals surface area contributed by atoms with E-state index in [1.165, 1.54) is 4.68 Å². The van der Waals surface area contributed by atoms with E-state index in [0.717, 1.165) is 6.33 Å². The van der Waals surface area contributed by atoms with Crippen LogP contribution >= 0.6 is 0 Å². The molecule has 0 bridgehead atoms. The van der Waals surface area contributed by atoms with Gasteiger partial charge in [-0.3, -0.25) is 0 Å². The molecule has 2 N–H and O–H groups in total. The lowest BCUT2D eigenvalue weighted by atomic mass is 10.8. The van der Waals surface area contributed by atoms with E-state index in [-0.39, 0.29) is 5.16 Å². The second-order valence-corrected chi connectivity index (χ2v) is 3.36. The van der Waals surface area contributed by atoms with Crippen LogP contribution in [0.2, 0.25) is 0 Å². The summed E-state index contributed by atoms with van der Waals surface area (Å²) in [6.07, 6.45) is 1.16. The van der Waals surface area contributed by atoms with Crippen LogP contribution in [0.15, 0.2) is 11.5 Å². The Morgan fingerprint density at radius 1 is 1.73 bits per heavy atom. The van der Waals surface area contributed by atoms with Gasteiger partial charge in [0.2, 0.25) is 0 Å². The molecule has 0 unspecified atom stereocenters. The third kappa shape index (κ3) is 1.55. The summed E-state index contributed by atoms with van der Waals surface area (Å²) in [5, 5.41) is 8.28. The van der Waals surface area contributed by atoms with Crippen LogP contribution in [0, 0.1) is 0 Å². The number of nitrogens with two attached hydrogens (primary N) is 1. The van der Waals surface area contributed by atoms with Gasteiger partial charge in [0.25, 0.3) is 15.2 Å². The average molecular weight is 176 g/mol. The van der Waals surface area contributed by atoms with Crippen molar-refractivity contribution < 1.29 is 8.42 Å². The van der Waals surface area contributed by atoms with Gasteiger partial charge >= 0.3 is 0 Å². The van der Waals surface area contributed by atoms with Gasteiger partial charge in [0.05, 0.1) is 0 Å². The number of sulfonamides is 1. The zero-order chi connectivity index (χ0) is 8.48. The lowest BCUT2D eigenvalue weighted by Crippen LogP contribution is -2.18. The molecule has 7 heteroatoms. The molecule has 0 spiro atoms. The first-order valence-corrected chi connectivity index (χ1v) is 4.51. The molecule has 1 heterocycles. The SMILES string of the molecule is CCn1ncnc1S(N)(=O)=O. The monoisotopic (exact) mass is 176 g/mol. The van der Waals surface area contributed by atoms with Crippen molar-refractivity contribution in [3.05, 3.63) is 6.33 Å². The van der Waals surface area contributed by atoms with Crippen LogP contribution in [0.1, 0.15) is 6.92 Å². The van der Waals surface area contributed by atoms with E-state index >= 15 is 0 Å². The highest BCUT2D eigenvalue weighted by atomic mass is 32.2. The lowest BCUT2D eigenvalue weighted by molar-refractivity contribution is 0.545. The number of aryl methyl sites for hydroxylation is 1. The maximum absolute atomic E-state index is 10.7. The predicted molar refractivity (Wildman–Crippen MR) is 37.1 cm³/mol. The van der Waals surface area contributed by atoms with Crippen molar-refractivity contribution in [3.8, 4) is 0 Å². The van der Waals surface area contributed by atoms with Gasteiger partial charge in [0.1, 0.15) is 6.33 Å². The number of nitrogens with zero attached hydrogens (tertiary/aromatic N) is 3. The Hall–Kier alpha value is -0.950. The van der Waals surface area contributed by atoms with Gasteiger partial charge in [-0.1, -0.05) is 0 Å². The standard InChI is InChI=1S/C4H8N4O2S/c1-2-8-4(6-3-7-8)11(5,9)10/h3H,2H2,1H3,(H2,5,9,10). The summed E-state index contributed by atoms with van der Waals surface area (Å²) >= 11 is 0. The molecule has 0 radical (unpaired) electrons. The first-order chi connectivity index (χ1) is 5.05. The molecule has 0 aliphatic rings. The smallest absolute Gasteiger partial charge is 0.236 e. The Balaban J connectivity index is 3.24. The molecule has 0 saturated carbocycles. The van der Waals surface area contributed by atoms with Crippen LogP contribution in [0.5, 0.6) is 0 Å². The summed E-state index contributed by atoms with van der Waals surface area (Å²) in [5.74, 6) is 0. The Morgan fingerprint density at radius 3 is 2.73 bits per heavy atom. The van der Waals surface area contributed by atoms with Crippen LogP contribution in [0.3, 0.4) is 0 Å². The van der Waals surface area contributed by atoms with E-state index < -0.39 is 10.0 Å². The lowest BCUT2D eigenvalue weighted by Gasteiger charge is -1.97. The molecule has 0 saturated heterocycles. The van der Waals surface area contributed by atoms with E-state index in [1.807, 2.05) is 0 Å². The van der Waals surface area contributed by atoms with Gasteiger partial charge < -0.3 is 0 Å². The maximum atomic E-state index is 10.7. The number of aromatic nitrogens is 3. The van der Waals surface area contributed by atoms with Gasteiger partial charge in [-0.05, 0) is 6.92 Å². The van der Waals surface area contributed by atoms with Gasteiger partial charge in [0, 0.05) is 6.54 Å². The number of hydrogen-bond donors (Lipinski definition) is 1. The molecule has 0 aliphatic carbocycles. The predicted octanol–water partition coefficient (Wildman–Crippen LogP) is -1.05. The van der Waals surface area contributed by atoms with Crippen LogP contribution in [-0.2, 0) is 16.6 Å². The Morgan fingerprint density at radius 2 is 2.36 bits per heavy atom. The van der Waals surface area contributed by atoms with E-state index in [9.17, 15) is 8.42 Å². The van der Waals surface area contributed by atoms with Crippen molar-refractivity contribution in [2.75, 3.05) is 0 Å². The second-order valence-electron chi connectivity index (χ2n) is 1.90. The summed E-state index contributed by atoms with van der Waals surface area (Å²) in [6.45, 7) is 2.19. The molecular formula is C4H8N4O2S. The third-order valence-electron chi connectivity index (χ3n) is 1.13. The van der Waals surface area contributed by atoms with Gasteiger partial charge in [-0.25, -0.2) is 23.2 Å². The Labute approximate surface area is 64.1 Å². The minimum atomic E-state index is -3.71. The molecule has 62 valence electrons. The van der Waals surface area contributed by atoms with Crippen molar-refractivity contribution in [1.29, 1.82) is 0 Å². The number of hydrogen-bond acceptors (Lipinski definition) is 4. The molecule has 0 aliphatic heterocycles. The van der Waals surface area contributed by atoms with Crippen molar-refractivity contribution >= 4 is 10.0 Å². The van der Waals surface area contributed by atoms with Crippen molar-refractivity contribution in [1.82, 2.24) is 14.8 Å². The molecule has 1 aromatic rings. The fourth-order valence-corrected chi connectivity index (χ4v) is 1.35. The van der Waals surface area contributed by atoms with Crippen LogP contribution in [0.25, 0.3) is 0 Å². The van der Waals surface area contributed by atoms with Crippen LogP contribution in [-0.4, -0.2) is 23.2 Å². The van der Waals surface area contributed by atoms with E-state index in [1.54, 1.807) is 6.92 Å². The Bertz CT molecular complexity index is 341. The van der Waals surface area contributed by atoms with Crippen molar-refractivity contribution in [2.45, 2.75) is 18.6 Å². The maximum Gasteiger partial charge on any atom is 0.273 e. The fraction of sp³-hybridized carbons (Fsp3) is 0.500. The van der Waals surface area contributed by atoms with Gasteiger partial charge in [-0.2, -0.15) is 5.10 Å². The third-order valence-corrected chi connectivity index (χ3v) is 1.96. The summed E-state index contributed by atoms with van der Waals surface area (Å²) in [7, 11) is -3.71. The van der Waals surface area contributed by atoms with Crippen LogP contribution in [0.4, 0.5) is 0 Å². The highest BCUT2D eigenvalue weighted by molar-refractivity contribution is 7.89. The minimum Gasteiger partial charge on any atom is -0.236 e. The zero-order valence-corrected chi connectivity index (χ0v) is 6.74. The second kappa shape index (κ2) is 2.59.